The van der Waals surface area contributed by atoms with E-state index in [9.17, 15) is 4.79 Å². The lowest BCUT2D eigenvalue weighted by molar-refractivity contribution is 0.0955. The van der Waals surface area contributed by atoms with E-state index in [4.69, 9.17) is 0 Å². The van der Waals surface area contributed by atoms with Gasteiger partial charge in [0.25, 0.3) is 5.91 Å². The average Bonchev–Trinajstić information content (AvgIpc) is 2.76. The monoisotopic (exact) mass is 390 g/mol. The maximum Gasteiger partial charge on any atom is 0.251 e. The smallest absolute Gasteiger partial charge is 0.251 e. The maximum atomic E-state index is 12.0. The second kappa shape index (κ2) is 10.5. The van der Waals surface area contributed by atoms with Gasteiger partial charge in [0.2, 0.25) is 0 Å². The molecule has 0 aliphatic carbocycles. The topological polar surface area (TPSA) is 56.7 Å². The van der Waals surface area contributed by atoms with E-state index >= 15 is 0 Å². The van der Waals surface area contributed by atoms with Crippen LogP contribution in [0.4, 0.5) is 0 Å². The van der Waals surface area contributed by atoms with Gasteiger partial charge in [-0.15, -0.1) is 0 Å². The minimum atomic E-state index is -0.0347. The van der Waals surface area contributed by atoms with Crippen molar-refractivity contribution in [3.63, 3.8) is 0 Å². The van der Waals surface area contributed by atoms with E-state index in [0.29, 0.717) is 18.7 Å². The second-order valence-electron chi connectivity index (χ2n) is 7.16. The van der Waals surface area contributed by atoms with Crippen LogP contribution in [0.3, 0.4) is 0 Å². The molecule has 1 heterocycles. The molecule has 1 saturated heterocycles. The van der Waals surface area contributed by atoms with Crippen LogP contribution >= 0.6 is 0 Å². The number of carbonyl (C=O) groups excluding carboxylic acids is 1. The van der Waals surface area contributed by atoms with E-state index in [1.54, 1.807) is 0 Å². The Hall–Kier alpha value is -3.08. The van der Waals surface area contributed by atoms with E-state index in [2.05, 4.69) is 50.9 Å². The van der Waals surface area contributed by atoms with Crippen LogP contribution < -0.4 is 10.6 Å². The van der Waals surface area contributed by atoms with Gasteiger partial charge in [-0.3, -0.25) is 9.79 Å². The van der Waals surface area contributed by atoms with Crippen LogP contribution in [0.25, 0.3) is 6.08 Å². The molecule has 0 atom stereocenters. The minimum absolute atomic E-state index is 0.0347. The number of benzene rings is 2. The first-order chi connectivity index (χ1) is 14.2. The molecule has 1 aliphatic heterocycles. The van der Waals surface area contributed by atoms with Crippen LogP contribution in [-0.4, -0.2) is 43.4 Å². The largest absolute Gasteiger partial charge is 0.352 e. The molecule has 0 radical (unpaired) electrons. The summed E-state index contributed by atoms with van der Waals surface area (Å²) < 4.78 is 0. The Bertz CT molecular complexity index is 863. The summed E-state index contributed by atoms with van der Waals surface area (Å²) in [5.74, 6) is 0.875. The Kier molecular flexibility index (Phi) is 7.45. The number of carbonyl (C=O) groups is 1. The maximum absolute atomic E-state index is 12.0. The molecule has 2 aromatic carbocycles. The van der Waals surface area contributed by atoms with E-state index in [1.165, 1.54) is 11.1 Å². The number of amides is 1. The van der Waals surface area contributed by atoms with Gasteiger partial charge in [0, 0.05) is 38.8 Å². The van der Waals surface area contributed by atoms with Crippen molar-refractivity contribution in [1.29, 1.82) is 0 Å². The zero-order valence-electron chi connectivity index (χ0n) is 17.3. The van der Waals surface area contributed by atoms with Crippen molar-refractivity contribution in [2.75, 3.05) is 26.7 Å². The highest BCUT2D eigenvalue weighted by molar-refractivity contribution is 5.94. The lowest BCUT2D eigenvalue weighted by Gasteiger charge is -2.31. The number of nitrogens with one attached hydrogen (secondary N) is 2. The number of hydrogen-bond donors (Lipinski definition) is 2. The van der Waals surface area contributed by atoms with E-state index < -0.39 is 0 Å². The fourth-order valence-electron chi connectivity index (χ4n) is 3.53. The third kappa shape index (κ3) is 5.95. The van der Waals surface area contributed by atoms with Crippen molar-refractivity contribution in [2.45, 2.75) is 26.3 Å². The van der Waals surface area contributed by atoms with Gasteiger partial charge >= 0.3 is 0 Å². The fraction of sp³-hybridized carbons (Fsp3) is 0.333. The molecular formula is C24H30N4O. The van der Waals surface area contributed by atoms with Gasteiger partial charge in [0.1, 0.15) is 0 Å². The Morgan fingerprint density at radius 3 is 2.52 bits per heavy atom. The van der Waals surface area contributed by atoms with Gasteiger partial charge in [-0.2, -0.15) is 0 Å². The molecule has 0 unspecified atom stereocenters. The summed E-state index contributed by atoms with van der Waals surface area (Å²) in [5.41, 5.74) is 4.51. The zero-order valence-corrected chi connectivity index (χ0v) is 17.3. The predicted octanol–water partition coefficient (Wildman–Crippen LogP) is 3.69. The molecule has 0 saturated carbocycles. The first-order valence-corrected chi connectivity index (χ1v) is 10.3. The fourth-order valence-corrected chi connectivity index (χ4v) is 3.53. The van der Waals surface area contributed by atoms with Crippen LogP contribution in [0.15, 0.2) is 65.2 Å². The van der Waals surface area contributed by atoms with Crippen LogP contribution in [0.1, 0.15) is 41.3 Å². The zero-order chi connectivity index (χ0) is 20.5. The Balaban J connectivity index is 1.55. The van der Waals surface area contributed by atoms with Crippen LogP contribution in [0, 0.1) is 0 Å². The summed E-state index contributed by atoms with van der Waals surface area (Å²) >= 11 is 0. The number of aliphatic imine (C=N–C) groups is 1. The highest BCUT2D eigenvalue weighted by atomic mass is 16.1. The highest BCUT2D eigenvalue weighted by Gasteiger charge is 2.17. The van der Waals surface area contributed by atoms with Gasteiger partial charge in [-0.1, -0.05) is 54.1 Å². The summed E-state index contributed by atoms with van der Waals surface area (Å²) in [7, 11) is 1.82. The standard InChI is InChI=1S/C24H30N4O/c1-3-26-23(29)22-11-7-10-21(17-22)18-27-24(25-2)28-14-12-20(13-15-28)16-19-8-5-4-6-9-19/h4-11,16-17H,3,12-15,18H2,1-2H3,(H,25,27)(H,26,29). The number of hydrogen-bond acceptors (Lipinski definition) is 2. The van der Waals surface area contributed by atoms with E-state index in [1.807, 2.05) is 44.3 Å². The first kappa shape index (κ1) is 20.6. The Morgan fingerprint density at radius 2 is 1.83 bits per heavy atom. The molecule has 152 valence electrons. The lowest BCUT2D eigenvalue weighted by atomic mass is 10.0. The van der Waals surface area contributed by atoms with Crippen molar-refractivity contribution < 1.29 is 4.79 Å². The molecule has 0 aromatic heterocycles. The van der Waals surface area contributed by atoms with Gasteiger partial charge in [0.15, 0.2) is 5.96 Å². The summed E-state index contributed by atoms with van der Waals surface area (Å²) in [4.78, 5) is 18.8. The Morgan fingerprint density at radius 1 is 1.07 bits per heavy atom. The SMILES string of the molecule is CCNC(=O)c1cccc(CNC(=NC)N2CCC(=Cc3ccccc3)CC2)c1. The molecule has 5 nitrogen and oxygen atoms in total. The Labute approximate surface area is 173 Å². The molecule has 3 rings (SSSR count). The molecule has 1 aliphatic rings. The second-order valence-corrected chi connectivity index (χ2v) is 7.16. The summed E-state index contributed by atoms with van der Waals surface area (Å²) in [5, 5.41) is 6.28. The van der Waals surface area contributed by atoms with Crippen LogP contribution in [-0.2, 0) is 6.54 Å². The molecule has 0 bridgehead atoms. The highest BCUT2D eigenvalue weighted by Crippen LogP contribution is 2.19. The van der Waals surface area contributed by atoms with Crippen molar-refractivity contribution in [3.05, 3.63) is 76.9 Å². The van der Waals surface area contributed by atoms with Crippen molar-refractivity contribution in [2.24, 2.45) is 4.99 Å². The van der Waals surface area contributed by atoms with Crippen molar-refractivity contribution in [3.8, 4) is 0 Å². The predicted molar refractivity (Wildman–Crippen MR) is 120 cm³/mol. The average molecular weight is 391 g/mol. The molecular weight excluding hydrogens is 360 g/mol. The van der Waals surface area contributed by atoms with E-state index in [0.717, 1.165) is 37.5 Å². The molecule has 2 aromatic rings. The van der Waals surface area contributed by atoms with Crippen molar-refractivity contribution in [1.82, 2.24) is 15.5 Å². The molecule has 1 fully saturated rings. The first-order valence-electron chi connectivity index (χ1n) is 10.3. The van der Waals surface area contributed by atoms with Crippen LogP contribution in [0.5, 0.6) is 0 Å². The minimum Gasteiger partial charge on any atom is -0.352 e. The van der Waals surface area contributed by atoms with E-state index in [-0.39, 0.29) is 5.91 Å². The molecule has 0 spiro atoms. The normalized spacial score (nSPS) is 14.5. The summed E-state index contributed by atoms with van der Waals surface area (Å²) in [6.07, 6.45) is 4.39. The number of piperidine rings is 1. The van der Waals surface area contributed by atoms with Gasteiger partial charge in [-0.05, 0) is 43.0 Å². The third-order valence-electron chi connectivity index (χ3n) is 5.06. The van der Waals surface area contributed by atoms with Gasteiger partial charge in [-0.25, -0.2) is 0 Å². The number of rotatable bonds is 5. The molecule has 2 N–H and O–H groups in total. The van der Waals surface area contributed by atoms with Crippen molar-refractivity contribution >= 4 is 17.9 Å². The third-order valence-corrected chi connectivity index (χ3v) is 5.06. The number of guanidine groups is 1. The number of likely N-dealkylation sites (tertiary alicyclic amines) is 1. The van der Waals surface area contributed by atoms with Gasteiger partial charge < -0.3 is 15.5 Å². The summed E-state index contributed by atoms with van der Waals surface area (Å²) in [6, 6.07) is 18.2. The molecule has 1 amide bonds. The lowest BCUT2D eigenvalue weighted by Crippen LogP contribution is -2.44. The molecule has 5 heteroatoms. The quantitative estimate of drug-likeness (QED) is 0.605. The van der Waals surface area contributed by atoms with Crippen LogP contribution in [0.2, 0.25) is 0 Å². The number of nitrogens with zero attached hydrogens (tertiary/aromatic N) is 2. The molecule has 29 heavy (non-hydrogen) atoms. The van der Waals surface area contributed by atoms with Gasteiger partial charge in [0.05, 0.1) is 0 Å². The summed E-state index contributed by atoms with van der Waals surface area (Å²) in [6.45, 7) is 5.10.